The molecule has 2 fully saturated rings. The van der Waals surface area contributed by atoms with Crippen molar-refractivity contribution >= 4 is 27.6 Å². The van der Waals surface area contributed by atoms with Crippen molar-refractivity contribution in [1.82, 2.24) is 4.90 Å². The van der Waals surface area contributed by atoms with E-state index in [9.17, 15) is 9.59 Å². The molecule has 1 amide bonds. The topological polar surface area (TPSA) is 55.8 Å². The number of Topliss-reactive ketones (excluding diaryl/α,β-unsaturated/α-hetero) is 1. The lowest BCUT2D eigenvalue weighted by Gasteiger charge is -2.37. The Morgan fingerprint density at radius 3 is 2.50 bits per heavy atom. The Morgan fingerprint density at radius 2 is 1.84 bits per heavy atom. The molecule has 1 aliphatic carbocycles. The molecule has 0 aromatic heterocycles. The van der Waals surface area contributed by atoms with Crippen molar-refractivity contribution in [2.45, 2.75) is 81.4 Å². The van der Waals surface area contributed by atoms with Gasteiger partial charge in [-0.25, -0.2) is 0 Å². The highest BCUT2D eigenvalue weighted by Gasteiger charge is 2.53. The maximum absolute atomic E-state index is 13.8. The molecule has 1 aromatic rings. The van der Waals surface area contributed by atoms with Crippen LogP contribution in [0.2, 0.25) is 0 Å². The van der Waals surface area contributed by atoms with Crippen LogP contribution in [0.4, 0.5) is 0 Å². The quantitative estimate of drug-likeness (QED) is 0.556. The van der Waals surface area contributed by atoms with Crippen LogP contribution in [0.15, 0.2) is 35.6 Å². The number of fused-ring (bicyclic) bond motifs is 1. The number of carbonyl (C=O) groups excluding carboxylic acids is 2. The van der Waals surface area contributed by atoms with Crippen LogP contribution in [0.25, 0.3) is 0 Å². The fourth-order valence-corrected chi connectivity index (χ4v) is 6.24. The number of ketones is 1. The highest BCUT2D eigenvalue weighted by molar-refractivity contribution is 9.09. The van der Waals surface area contributed by atoms with E-state index < -0.39 is 6.04 Å². The SMILES string of the molecule is CC(C)(C)c1ccc(C2C3=C(OC4CCC(Br)CC4C3=O)C(=O)N2CC2CCCO2)cc1. The summed E-state index contributed by atoms with van der Waals surface area (Å²) in [6, 6.07) is 7.98. The van der Waals surface area contributed by atoms with Gasteiger partial charge in [0, 0.05) is 18.0 Å². The molecule has 5 atom stereocenters. The number of hydrogen-bond acceptors (Lipinski definition) is 4. The van der Waals surface area contributed by atoms with Crippen molar-refractivity contribution in [2.75, 3.05) is 13.2 Å². The summed E-state index contributed by atoms with van der Waals surface area (Å²) < 4.78 is 12.1. The zero-order valence-electron chi connectivity index (χ0n) is 19.1. The number of amides is 1. The maximum atomic E-state index is 13.8. The van der Waals surface area contributed by atoms with Gasteiger partial charge in [0.2, 0.25) is 0 Å². The third-order valence-corrected chi connectivity index (χ3v) is 8.23. The van der Waals surface area contributed by atoms with Gasteiger partial charge in [0.1, 0.15) is 6.10 Å². The number of halogens is 1. The van der Waals surface area contributed by atoms with Crippen LogP contribution in [0.5, 0.6) is 0 Å². The average molecular weight is 502 g/mol. The number of hydrogen-bond donors (Lipinski definition) is 0. The van der Waals surface area contributed by atoms with E-state index >= 15 is 0 Å². The largest absolute Gasteiger partial charge is 0.483 e. The summed E-state index contributed by atoms with van der Waals surface area (Å²) >= 11 is 3.70. The zero-order valence-corrected chi connectivity index (χ0v) is 20.7. The second-order valence-electron chi connectivity index (χ2n) is 10.6. The Hall–Kier alpha value is -1.66. The molecule has 0 radical (unpaired) electrons. The molecule has 32 heavy (non-hydrogen) atoms. The van der Waals surface area contributed by atoms with Gasteiger partial charge in [0.25, 0.3) is 5.91 Å². The fourth-order valence-electron chi connectivity index (χ4n) is 5.57. The highest BCUT2D eigenvalue weighted by Crippen LogP contribution is 2.48. The molecule has 172 valence electrons. The Balaban J connectivity index is 1.54. The molecule has 1 saturated heterocycles. The minimum absolute atomic E-state index is 0.0148. The Bertz CT molecular complexity index is 942. The van der Waals surface area contributed by atoms with Crippen molar-refractivity contribution < 1.29 is 19.1 Å². The first-order valence-electron chi connectivity index (χ1n) is 11.9. The van der Waals surface area contributed by atoms with Crippen LogP contribution in [0, 0.1) is 5.92 Å². The van der Waals surface area contributed by atoms with Crippen LogP contribution < -0.4 is 0 Å². The first kappa shape index (κ1) is 22.1. The van der Waals surface area contributed by atoms with Gasteiger partial charge < -0.3 is 14.4 Å². The van der Waals surface area contributed by atoms with Crippen molar-refractivity contribution in [3.05, 3.63) is 46.7 Å². The molecule has 3 aliphatic heterocycles. The second kappa shape index (κ2) is 8.28. The van der Waals surface area contributed by atoms with Gasteiger partial charge in [0.15, 0.2) is 11.5 Å². The summed E-state index contributed by atoms with van der Waals surface area (Å²) in [5, 5.41) is 0. The number of rotatable bonds is 3. The van der Waals surface area contributed by atoms with Crippen LogP contribution in [-0.2, 0) is 24.5 Å². The summed E-state index contributed by atoms with van der Waals surface area (Å²) in [4.78, 5) is 29.5. The van der Waals surface area contributed by atoms with Gasteiger partial charge in [-0.05, 0) is 48.6 Å². The van der Waals surface area contributed by atoms with E-state index in [0.717, 1.165) is 44.3 Å². The van der Waals surface area contributed by atoms with Gasteiger partial charge in [-0.15, -0.1) is 0 Å². The molecule has 5 nitrogen and oxygen atoms in total. The Labute approximate surface area is 198 Å². The molecule has 6 heteroatoms. The molecule has 0 N–H and O–H groups in total. The first-order valence-corrected chi connectivity index (χ1v) is 12.8. The predicted molar refractivity (Wildman–Crippen MR) is 126 cm³/mol. The molecule has 0 bridgehead atoms. The van der Waals surface area contributed by atoms with E-state index in [0.29, 0.717) is 16.9 Å². The van der Waals surface area contributed by atoms with Gasteiger partial charge >= 0.3 is 0 Å². The third-order valence-electron chi connectivity index (χ3n) is 7.40. The Morgan fingerprint density at radius 1 is 1.09 bits per heavy atom. The predicted octanol–water partition coefficient (Wildman–Crippen LogP) is 4.83. The third kappa shape index (κ3) is 3.83. The number of ether oxygens (including phenoxy) is 2. The molecular weight excluding hydrogens is 470 g/mol. The van der Waals surface area contributed by atoms with Crippen LogP contribution in [0.1, 0.15) is 70.0 Å². The molecule has 1 aromatic carbocycles. The van der Waals surface area contributed by atoms with Crippen LogP contribution in [0.3, 0.4) is 0 Å². The van der Waals surface area contributed by atoms with Gasteiger partial charge in [0.05, 0.1) is 23.6 Å². The standard InChI is InChI=1S/C26H32BrNO4/c1-26(2,3)16-8-6-15(7-9-16)22-21-23(29)19-13-17(27)10-11-20(19)32-24(21)25(30)28(22)14-18-5-4-12-31-18/h6-9,17-20,22H,4-5,10-14H2,1-3H3. The summed E-state index contributed by atoms with van der Waals surface area (Å²) in [5.74, 6) is 0.0347. The minimum atomic E-state index is -0.403. The van der Waals surface area contributed by atoms with Crippen LogP contribution >= 0.6 is 15.9 Å². The fraction of sp³-hybridized carbons (Fsp3) is 0.615. The highest BCUT2D eigenvalue weighted by atomic mass is 79.9. The van der Waals surface area contributed by atoms with Crippen molar-refractivity contribution in [3.8, 4) is 0 Å². The van der Waals surface area contributed by atoms with E-state index in [1.165, 1.54) is 5.56 Å². The van der Waals surface area contributed by atoms with Gasteiger partial charge in [-0.1, -0.05) is 61.0 Å². The minimum Gasteiger partial charge on any atom is -0.483 e. The van der Waals surface area contributed by atoms with E-state index in [1.807, 2.05) is 4.90 Å². The summed E-state index contributed by atoms with van der Waals surface area (Å²) in [7, 11) is 0. The lowest BCUT2D eigenvalue weighted by Crippen LogP contribution is -2.41. The summed E-state index contributed by atoms with van der Waals surface area (Å²) in [6.45, 7) is 7.78. The average Bonchev–Trinajstić information content (AvgIpc) is 3.36. The molecule has 0 spiro atoms. The first-order chi connectivity index (χ1) is 15.2. The zero-order chi connectivity index (χ0) is 22.6. The van der Waals surface area contributed by atoms with E-state index in [1.54, 1.807) is 0 Å². The van der Waals surface area contributed by atoms with E-state index in [-0.39, 0.29) is 41.0 Å². The summed E-state index contributed by atoms with van der Waals surface area (Å²) in [6.07, 6.45) is 4.30. The van der Waals surface area contributed by atoms with Crippen LogP contribution in [-0.4, -0.2) is 46.8 Å². The second-order valence-corrected chi connectivity index (χ2v) is 11.9. The smallest absolute Gasteiger partial charge is 0.290 e. The Kier molecular flexibility index (Phi) is 5.73. The number of carbonyl (C=O) groups is 2. The van der Waals surface area contributed by atoms with Crippen molar-refractivity contribution in [3.63, 3.8) is 0 Å². The number of nitrogens with zero attached hydrogens (tertiary/aromatic N) is 1. The van der Waals surface area contributed by atoms with Crippen molar-refractivity contribution in [2.24, 2.45) is 5.92 Å². The maximum Gasteiger partial charge on any atom is 0.290 e. The molecule has 1 saturated carbocycles. The normalized spacial score (nSPS) is 32.8. The molecule has 3 heterocycles. The molecular formula is C26H32BrNO4. The van der Waals surface area contributed by atoms with Crippen molar-refractivity contribution in [1.29, 1.82) is 0 Å². The summed E-state index contributed by atoms with van der Waals surface area (Å²) in [5.41, 5.74) is 2.79. The number of benzene rings is 1. The van der Waals surface area contributed by atoms with E-state index in [4.69, 9.17) is 9.47 Å². The lowest BCUT2D eigenvalue weighted by molar-refractivity contribution is -0.136. The van der Waals surface area contributed by atoms with Gasteiger partial charge in [-0.3, -0.25) is 9.59 Å². The van der Waals surface area contributed by atoms with Gasteiger partial charge in [-0.2, -0.15) is 0 Å². The molecule has 5 unspecified atom stereocenters. The monoisotopic (exact) mass is 501 g/mol. The number of alkyl halides is 1. The van der Waals surface area contributed by atoms with E-state index in [2.05, 4.69) is 61.0 Å². The lowest BCUT2D eigenvalue weighted by atomic mass is 9.77. The molecule has 4 aliphatic rings. The molecule has 5 rings (SSSR count).